The van der Waals surface area contributed by atoms with Crippen molar-refractivity contribution in [1.82, 2.24) is 14.6 Å². The van der Waals surface area contributed by atoms with Gasteiger partial charge in [0.1, 0.15) is 24.0 Å². The van der Waals surface area contributed by atoms with E-state index in [-0.39, 0.29) is 11.2 Å². The fourth-order valence-corrected chi connectivity index (χ4v) is 6.55. The Morgan fingerprint density at radius 1 is 1.00 bits per heavy atom. The monoisotopic (exact) mass is 377 g/mol. The summed E-state index contributed by atoms with van der Waals surface area (Å²) in [5, 5.41) is 9.28. The predicted molar refractivity (Wildman–Crippen MR) is 104 cm³/mol. The highest BCUT2D eigenvalue weighted by Gasteiger charge is 2.53. The molecule has 28 heavy (non-hydrogen) atoms. The smallest absolute Gasteiger partial charge is 0.167 e. The first-order valence-electron chi connectivity index (χ1n) is 10.4. The van der Waals surface area contributed by atoms with Crippen LogP contribution in [0.1, 0.15) is 49.9 Å². The lowest BCUT2D eigenvalue weighted by molar-refractivity contribution is -0.00984. The van der Waals surface area contributed by atoms with Crippen molar-refractivity contribution >= 4 is 5.65 Å². The van der Waals surface area contributed by atoms with E-state index in [1.807, 2.05) is 12.1 Å². The van der Waals surface area contributed by atoms with Crippen LogP contribution in [0.15, 0.2) is 42.6 Å². The Labute approximate surface area is 163 Å². The van der Waals surface area contributed by atoms with Crippen LogP contribution in [0.3, 0.4) is 0 Å². The fraction of sp³-hybridized carbons (Fsp3) is 0.478. The molecule has 1 aromatic carbocycles. The molecule has 0 unspecified atom stereocenters. The van der Waals surface area contributed by atoms with Crippen LogP contribution in [0.2, 0.25) is 0 Å². The molecule has 0 amide bonds. The van der Waals surface area contributed by atoms with Gasteiger partial charge >= 0.3 is 0 Å². The van der Waals surface area contributed by atoms with E-state index in [2.05, 4.69) is 15.7 Å². The second-order valence-electron chi connectivity index (χ2n) is 9.19. The van der Waals surface area contributed by atoms with Gasteiger partial charge < -0.3 is 4.74 Å². The summed E-state index contributed by atoms with van der Waals surface area (Å²) in [6, 6.07) is 10.3. The number of hydrogen-bond acceptors (Lipinski definition) is 3. The zero-order chi connectivity index (χ0) is 18.7. The van der Waals surface area contributed by atoms with Crippen molar-refractivity contribution in [3.05, 3.63) is 59.8 Å². The molecule has 3 aromatic rings. The zero-order valence-corrected chi connectivity index (χ0v) is 15.9. The summed E-state index contributed by atoms with van der Waals surface area (Å²) in [4.78, 5) is 0. The Morgan fingerprint density at radius 3 is 2.46 bits per heavy atom. The number of rotatable bonds is 4. The zero-order valence-electron chi connectivity index (χ0n) is 15.9. The number of nitrogens with zero attached hydrogens (tertiary/aromatic N) is 3. The van der Waals surface area contributed by atoms with Gasteiger partial charge in [-0.2, -0.15) is 0 Å². The van der Waals surface area contributed by atoms with Gasteiger partial charge in [-0.05, 0) is 74.5 Å². The molecule has 4 nitrogen and oxygen atoms in total. The van der Waals surface area contributed by atoms with Gasteiger partial charge in [-0.25, -0.2) is 4.39 Å². The molecule has 0 saturated heterocycles. The summed E-state index contributed by atoms with van der Waals surface area (Å²) in [6.07, 6.45) is 10.2. The van der Waals surface area contributed by atoms with Crippen LogP contribution in [0.5, 0.6) is 5.75 Å². The summed E-state index contributed by atoms with van der Waals surface area (Å²) in [5.41, 5.74) is 2.05. The van der Waals surface area contributed by atoms with Crippen molar-refractivity contribution in [1.29, 1.82) is 0 Å². The third-order valence-corrected chi connectivity index (χ3v) is 7.22. The minimum Gasteiger partial charge on any atom is -0.489 e. The van der Waals surface area contributed by atoms with Gasteiger partial charge in [0.25, 0.3) is 0 Å². The van der Waals surface area contributed by atoms with Crippen molar-refractivity contribution in [3.63, 3.8) is 0 Å². The Hall–Kier alpha value is -2.43. The average molecular weight is 377 g/mol. The standard InChI is InChI=1S/C23H24FN3O/c24-19-4-1-5-20(10-19)28-14-18-3-2-6-27-21(18)25-26-22(27)23-11-15-7-16(12-23)9-17(8-15)13-23/h1-6,10,15-17H,7-9,11-14H2. The lowest BCUT2D eigenvalue weighted by Crippen LogP contribution is -2.49. The van der Waals surface area contributed by atoms with Gasteiger partial charge in [0, 0.05) is 23.2 Å². The topological polar surface area (TPSA) is 39.4 Å². The molecule has 0 atom stereocenters. The first-order chi connectivity index (χ1) is 13.7. The largest absolute Gasteiger partial charge is 0.489 e. The van der Waals surface area contributed by atoms with Gasteiger partial charge in [0.2, 0.25) is 0 Å². The molecule has 0 spiro atoms. The first-order valence-corrected chi connectivity index (χ1v) is 10.4. The quantitative estimate of drug-likeness (QED) is 0.648. The number of pyridine rings is 1. The summed E-state index contributed by atoms with van der Waals surface area (Å²) in [6.45, 7) is 0.354. The second-order valence-corrected chi connectivity index (χ2v) is 9.19. The van der Waals surface area contributed by atoms with Crippen LogP contribution in [0.4, 0.5) is 4.39 Å². The molecule has 4 fully saturated rings. The predicted octanol–water partition coefficient (Wildman–Crippen LogP) is 4.92. The highest BCUT2D eigenvalue weighted by molar-refractivity contribution is 5.48. The number of halogens is 1. The van der Waals surface area contributed by atoms with Crippen molar-refractivity contribution in [3.8, 4) is 5.75 Å². The van der Waals surface area contributed by atoms with E-state index < -0.39 is 0 Å². The van der Waals surface area contributed by atoms with Crippen LogP contribution in [-0.4, -0.2) is 14.6 Å². The third kappa shape index (κ3) is 2.55. The fourth-order valence-electron chi connectivity index (χ4n) is 6.55. The third-order valence-electron chi connectivity index (χ3n) is 7.22. The van der Waals surface area contributed by atoms with Crippen LogP contribution >= 0.6 is 0 Å². The summed E-state index contributed by atoms with van der Waals surface area (Å²) < 4.78 is 21.4. The lowest BCUT2D eigenvalue weighted by Gasteiger charge is -2.55. The van der Waals surface area contributed by atoms with Gasteiger partial charge in [-0.1, -0.05) is 12.1 Å². The van der Waals surface area contributed by atoms with Gasteiger partial charge in [-0.15, -0.1) is 10.2 Å². The molecule has 0 radical (unpaired) electrons. The maximum absolute atomic E-state index is 13.4. The molecular formula is C23H24FN3O. The van der Waals surface area contributed by atoms with Gasteiger partial charge in [-0.3, -0.25) is 4.40 Å². The molecule has 7 rings (SSSR count). The minimum atomic E-state index is -0.290. The Kier molecular flexibility index (Phi) is 3.56. The number of benzene rings is 1. The maximum atomic E-state index is 13.4. The Balaban J connectivity index is 1.34. The molecule has 4 aliphatic rings. The van der Waals surface area contributed by atoms with E-state index in [1.54, 1.807) is 12.1 Å². The van der Waals surface area contributed by atoms with Crippen molar-refractivity contribution < 1.29 is 9.13 Å². The highest BCUT2D eigenvalue weighted by atomic mass is 19.1. The molecule has 144 valence electrons. The number of fused-ring (bicyclic) bond motifs is 1. The summed E-state index contributed by atoms with van der Waals surface area (Å²) in [7, 11) is 0. The first kappa shape index (κ1) is 16.5. The van der Waals surface area contributed by atoms with Gasteiger partial charge in [0.05, 0.1) is 0 Å². The molecule has 4 saturated carbocycles. The Bertz CT molecular complexity index is 1010. The SMILES string of the molecule is Fc1cccc(OCc2cccn3c(C45CC6CC(CC(C6)C4)C5)nnc23)c1. The molecule has 0 aliphatic heterocycles. The molecule has 0 N–H and O–H groups in total. The van der Waals surface area contributed by atoms with E-state index in [9.17, 15) is 4.39 Å². The number of hydrogen-bond donors (Lipinski definition) is 0. The number of ether oxygens (including phenoxy) is 1. The molecule has 2 heterocycles. The highest BCUT2D eigenvalue weighted by Crippen LogP contribution is 2.60. The lowest BCUT2D eigenvalue weighted by atomic mass is 9.49. The Morgan fingerprint density at radius 2 is 1.75 bits per heavy atom. The second kappa shape index (κ2) is 6.03. The van der Waals surface area contributed by atoms with E-state index in [0.29, 0.717) is 12.4 Å². The van der Waals surface area contributed by atoms with Gasteiger partial charge in [0.15, 0.2) is 5.65 Å². The molecule has 4 aliphatic carbocycles. The summed E-state index contributed by atoms with van der Waals surface area (Å²) >= 11 is 0. The number of aromatic nitrogens is 3. The maximum Gasteiger partial charge on any atom is 0.167 e. The van der Waals surface area contributed by atoms with Crippen LogP contribution < -0.4 is 4.74 Å². The van der Waals surface area contributed by atoms with E-state index in [1.165, 1.54) is 50.7 Å². The molecule has 4 bridgehead atoms. The van der Waals surface area contributed by atoms with Crippen LogP contribution in [0, 0.1) is 23.6 Å². The molecule has 2 aromatic heterocycles. The van der Waals surface area contributed by atoms with Crippen LogP contribution in [-0.2, 0) is 12.0 Å². The summed E-state index contributed by atoms with van der Waals surface area (Å²) in [5.74, 6) is 4.01. The van der Waals surface area contributed by atoms with Crippen LogP contribution in [0.25, 0.3) is 5.65 Å². The molecule has 5 heteroatoms. The average Bonchev–Trinajstić information content (AvgIpc) is 3.11. The van der Waals surface area contributed by atoms with E-state index >= 15 is 0 Å². The normalized spacial score (nSPS) is 30.8. The molecular weight excluding hydrogens is 353 g/mol. The van der Waals surface area contributed by atoms with E-state index in [4.69, 9.17) is 9.84 Å². The minimum absolute atomic E-state index is 0.205. The van der Waals surface area contributed by atoms with Crippen molar-refractivity contribution in [2.45, 2.75) is 50.5 Å². The van der Waals surface area contributed by atoms with Crippen molar-refractivity contribution in [2.75, 3.05) is 0 Å². The van der Waals surface area contributed by atoms with E-state index in [0.717, 1.165) is 34.8 Å². The van der Waals surface area contributed by atoms with Crippen molar-refractivity contribution in [2.24, 2.45) is 17.8 Å².